The monoisotopic (exact) mass is 491 g/mol. The minimum atomic E-state index is -0.351. The number of nitrogens with one attached hydrogen (secondary N) is 2. The average molecular weight is 492 g/mol. The second kappa shape index (κ2) is 12.4. The van der Waals surface area contributed by atoms with E-state index in [1.54, 1.807) is 18.2 Å². The maximum Gasteiger partial charge on any atom is 0.251 e. The molecule has 0 saturated carbocycles. The van der Waals surface area contributed by atoms with Crippen molar-refractivity contribution in [3.05, 3.63) is 84.2 Å². The summed E-state index contributed by atoms with van der Waals surface area (Å²) in [6.45, 7) is 12.6. The van der Waals surface area contributed by atoms with Crippen LogP contribution in [0, 0.1) is 5.92 Å². The number of allylic oxidation sites excluding steroid dienone is 1. The second-order valence-corrected chi connectivity index (χ2v) is 9.82. The summed E-state index contributed by atoms with van der Waals surface area (Å²) >= 11 is 1.31. The first-order chi connectivity index (χ1) is 16.8. The summed E-state index contributed by atoms with van der Waals surface area (Å²) in [5.41, 5.74) is 2.50. The summed E-state index contributed by atoms with van der Waals surface area (Å²) < 4.78 is 1.91. The minimum Gasteiger partial charge on any atom is -0.342 e. The van der Waals surface area contributed by atoms with Crippen molar-refractivity contribution in [2.45, 2.75) is 51.4 Å². The van der Waals surface area contributed by atoms with Crippen LogP contribution in [0.25, 0.3) is 0 Å². The Kier molecular flexibility index (Phi) is 9.25. The molecule has 0 radical (unpaired) electrons. The van der Waals surface area contributed by atoms with Gasteiger partial charge in [0.25, 0.3) is 5.91 Å². The number of anilines is 1. The molecule has 0 fully saturated rings. The van der Waals surface area contributed by atoms with Gasteiger partial charge in [0, 0.05) is 17.8 Å². The molecule has 0 aliphatic carbocycles. The van der Waals surface area contributed by atoms with Gasteiger partial charge < -0.3 is 15.2 Å². The fourth-order valence-electron chi connectivity index (χ4n) is 3.71. The van der Waals surface area contributed by atoms with Crippen molar-refractivity contribution in [2.24, 2.45) is 5.92 Å². The van der Waals surface area contributed by atoms with E-state index >= 15 is 0 Å². The first kappa shape index (κ1) is 26.2. The molecule has 35 heavy (non-hydrogen) atoms. The largest absolute Gasteiger partial charge is 0.342 e. The van der Waals surface area contributed by atoms with Gasteiger partial charge in [-0.3, -0.25) is 9.59 Å². The molecule has 1 heterocycles. The molecule has 0 spiro atoms. The maximum absolute atomic E-state index is 12.8. The van der Waals surface area contributed by atoms with Gasteiger partial charge >= 0.3 is 0 Å². The fraction of sp³-hybridized carbons (Fsp3) is 0.333. The molecule has 0 aliphatic heterocycles. The standard InChI is InChI=1S/C27H33N5O2S/c1-6-16-32-25(24(19(4)5)29-26(34)20-12-8-7-9-13-20)30-31-27(32)35-17-23(33)28-22-15-11-10-14-21(22)18(2)3/h6-15,18-19,24H,1,16-17H2,2-5H3,(H,28,33)(H,29,34)/t24-/m0/s1. The highest BCUT2D eigenvalue weighted by Crippen LogP contribution is 2.27. The molecule has 3 rings (SSSR count). The number of hydrogen-bond donors (Lipinski definition) is 2. The van der Waals surface area contributed by atoms with Crippen LogP contribution in [0.2, 0.25) is 0 Å². The Labute approximate surface area is 211 Å². The van der Waals surface area contributed by atoms with Crippen molar-refractivity contribution in [3.63, 3.8) is 0 Å². The summed E-state index contributed by atoms with van der Waals surface area (Å²) in [7, 11) is 0. The molecule has 0 unspecified atom stereocenters. The Balaban J connectivity index is 1.75. The van der Waals surface area contributed by atoms with Crippen LogP contribution in [-0.2, 0) is 11.3 Å². The number of para-hydroxylation sites is 1. The third kappa shape index (κ3) is 6.82. The quantitative estimate of drug-likeness (QED) is 0.275. The lowest BCUT2D eigenvalue weighted by molar-refractivity contribution is -0.113. The van der Waals surface area contributed by atoms with E-state index in [4.69, 9.17) is 0 Å². The molecule has 0 saturated heterocycles. The third-order valence-electron chi connectivity index (χ3n) is 5.51. The first-order valence-electron chi connectivity index (χ1n) is 11.7. The molecule has 0 aliphatic rings. The summed E-state index contributed by atoms with van der Waals surface area (Å²) in [5.74, 6) is 0.910. The van der Waals surface area contributed by atoms with E-state index in [0.717, 1.165) is 11.3 Å². The normalized spacial score (nSPS) is 11.9. The molecule has 184 valence electrons. The Hall–Kier alpha value is -3.39. The molecule has 1 aromatic heterocycles. The highest BCUT2D eigenvalue weighted by Gasteiger charge is 2.26. The minimum absolute atomic E-state index is 0.0733. The predicted molar refractivity (Wildman–Crippen MR) is 142 cm³/mol. The van der Waals surface area contributed by atoms with E-state index in [0.29, 0.717) is 29.0 Å². The highest BCUT2D eigenvalue weighted by atomic mass is 32.2. The SMILES string of the molecule is C=CCn1c(SCC(=O)Nc2ccccc2C(C)C)nnc1[C@@H](NC(=O)c1ccccc1)C(C)C. The molecule has 2 N–H and O–H groups in total. The summed E-state index contributed by atoms with van der Waals surface area (Å²) in [6, 6.07) is 16.6. The zero-order chi connectivity index (χ0) is 25.4. The predicted octanol–water partition coefficient (Wildman–Crippen LogP) is 5.45. The van der Waals surface area contributed by atoms with E-state index < -0.39 is 0 Å². The molecule has 2 amide bonds. The van der Waals surface area contributed by atoms with E-state index in [9.17, 15) is 9.59 Å². The van der Waals surface area contributed by atoms with Crippen LogP contribution in [-0.4, -0.2) is 32.3 Å². The van der Waals surface area contributed by atoms with Gasteiger partial charge in [0.15, 0.2) is 11.0 Å². The maximum atomic E-state index is 12.8. The first-order valence-corrected chi connectivity index (χ1v) is 12.7. The number of hydrogen-bond acceptors (Lipinski definition) is 5. The smallest absolute Gasteiger partial charge is 0.251 e. The molecular formula is C27H33N5O2S. The highest BCUT2D eigenvalue weighted by molar-refractivity contribution is 7.99. The Bertz CT molecular complexity index is 1160. The van der Waals surface area contributed by atoms with Gasteiger partial charge in [-0.1, -0.05) is 81.9 Å². The second-order valence-electron chi connectivity index (χ2n) is 8.88. The molecule has 0 bridgehead atoms. The van der Waals surface area contributed by atoms with Gasteiger partial charge in [0.2, 0.25) is 5.91 Å². The molecule has 7 nitrogen and oxygen atoms in total. The van der Waals surface area contributed by atoms with Crippen LogP contribution in [0.4, 0.5) is 5.69 Å². The van der Waals surface area contributed by atoms with Crippen LogP contribution in [0.15, 0.2) is 72.4 Å². The molecule has 2 aromatic carbocycles. The van der Waals surface area contributed by atoms with Gasteiger partial charge in [-0.05, 0) is 35.6 Å². The van der Waals surface area contributed by atoms with E-state index in [-0.39, 0.29) is 29.5 Å². The Morgan fingerprint density at radius 3 is 2.37 bits per heavy atom. The molecule has 8 heteroatoms. The zero-order valence-electron chi connectivity index (χ0n) is 20.7. The molecule has 3 aromatic rings. The van der Waals surface area contributed by atoms with Gasteiger partial charge in [0.1, 0.15) is 0 Å². The van der Waals surface area contributed by atoms with Gasteiger partial charge in [-0.25, -0.2) is 0 Å². The van der Waals surface area contributed by atoms with Crippen molar-refractivity contribution in [2.75, 3.05) is 11.1 Å². The van der Waals surface area contributed by atoms with Crippen molar-refractivity contribution < 1.29 is 9.59 Å². The fourth-order valence-corrected chi connectivity index (χ4v) is 4.47. The van der Waals surface area contributed by atoms with Gasteiger partial charge in [-0.2, -0.15) is 0 Å². The number of amides is 2. The Morgan fingerprint density at radius 2 is 1.71 bits per heavy atom. The lowest BCUT2D eigenvalue weighted by atomic mass is 10.0. The molecule has 1 atom stereocenters. The number of aromatic nitrogens is 3. The number of nitrogens with zero attached hydrogens (tertiary/aromatic N) is 3. The van der Waals surface area contributed by atoms with Crippen LogP contribution in [0.5, 0.6) is 0 Å². The van der Waals surface area contributed by atoms with Crippen molar-refractivity contribution in [3.8, 4) is 0 Å². The molecular weight excluding hydrogens is 458 g/mol. The number of thioether (sulfide) groups is 1. The van der Waals surface area contributed by atoms with E-state index in [1.165, 1.54) is 11.8 Å². The summed E-state index contributed by atoms with van der Waals surface area (Å²) in [6.07, 6.45) is 1.76. The Morgan fingerprint density at radius 1 is 1.03 bits per heavy atom. The van der Waals surface area contributed by atoms with Gasteiger partial charge in [0.05, 0.1) is 11.8 Å². The number of benzene rings is 2. The van der Waals surface area contributed by atoms with Crippen LogP contribution >= 0.6 is 11.8 Å². The number of carbonyl (C=O) groups excluding carboxylic acids is 2. The van der Waals surface area contributed by atoms with Crippen molar-refractivity contribution in [1.29, 1.82) is 0 Å². The van der Waals surface area contributed by atoms with Crippen LogP contribution in [0.1, 0.15) is 61.4 Å². The zero-order valence-corrected chi connectivity index (χ0v) is 21.5. The third-order valence-corrected chi connectivity index (χ3v) is 6.48. The van der Waals surface area contributed by atoms with Crippen LogP contribution < -0.4 is 10.6 Å². The lowest BCUT2D eigenvalue weighted by Gasteiger charge is -2.22. The lowest BCUT2D eigenvalue weighted by Crippen LogP contribution is -2.33. The van der Waals surface area contributed by atoms with E-state index in [1.807, 2.05) is 60.9 Å². The van der Waals surface area contributed by atoms with E-state index in [2.05, 4.69) is 41.3 Å². The number of rotatable bonds is 11. The van der Waals surface area contributed by atoms with Gasteiger partial charge in [-0.15, -0.1) is 16.8 Å². The average Bonchev–Trinajstić information content (AvgIpc) is 3.24. The topological polar surface area (TPSA) is 88.9 Å². The summed E-state index contributed by atoms with van der Waals surface area (Å²) in [4.78, 5) is 25.5. The van der Waals surface area contributed by atoms with Crippen LogP contribution in [0.3, 0.4) is 0 Å². The number of carbonyl (C=O) groups is 2. The van der Waals surface area contributed by atoms with Crippen molar-refractivity contribution in [1.82, 2.24) is 20.1 Å². The summed E-state index contributed by atoms with van der Waals surface area (Å²) in [5, 5.41) is 15.4. The van der Waals surface area contributed by atoms with Crippen molar-refractivity contribution >= 4 is 29.3 Å².